The zero-order valence-electron chi connectivity index (χ0n) is 18.8. The molecule has 37 heavy (non-hydrogen) atoms. The fraction of sp³-hybridized carbons (Fsp3) is 0.0417. The first-order chi connectivity index (χ1) is 17.8. The van der Waals surface area contributed by atoms with Crippen molar-refractivity contribution in [1.29, 1.82) is 0 Å². The summed E-state index contributed by atoms with van der Waals surface area (Å²) in [4.78, 5) is 43.1. The Morgan fingerprint density at radius 1 is 1.03 bits per heavy atom. The third-order valence-corrected chi connectivity index (χ3v) is 7.43. The van der Waals surface area contributed by atoms with E-state index >= 15 is 0 Å². The van der Waals surface area contributed by atoms with Crippen molar-refractivity contribution in [3.8, 4) is 11.3 Å². The van der Waals surface area contributed by atoms with Gasteiger partial charge < -0.3 is 5.32 Å². The number of halogens is 1. The van der Waals surface area contributed by atoms with Crippen molar-refractivity contribution in [2.24, 2.45) is 0 Å². The molecule has 0 radical (unpaired) electrons. The maximum absolute atomic E-state index is 13.5. The van der Waals surface area contributed by atoms with Gasteiger partial charge >= 0.3 is 5.69 Å². The molecule has 0 unspecified atom stereocenters. The minimum Gasteiger partial charge on any atom is -0.323 e. The smallest absolute Gasteiger partial charge is 0.323 e. The van der Waals surface area contributed by atoms with Crippen LogP contribution in [-0.4, -0.2) is 38.0 Å². The third-order valence-electron chi connectivity index (χ3n) is 5.52. The summed E-state index contributed by atoms with van der Waals surface area (Å²) in [5, 5.41) is 9.30. The van der Waals surface area contributed by atoms with E-state index in [1.807, 2.05) is 0 Å². The predicted octanol–water partition coefficient (Wildman–Crippen LogP) is 2.48. The number of hydrogen-bond donors (Lipinski definition) is 2. The van der Waals surface area contributed by atoms with Gasteiger partial charge in [0.2, 0.25) is 5.91 Å². The highest BCUT2D eigenvalue weighted by molar-refractivity contribution is 7.90. The SMILES string of the molecule is O=C(Cn1c(=O)n(S(=O)(=O)c2ccc(-c3ccn[nH]3)cc2)c(=O)c2ccc(Cl)cc21)Nc1cccnc1. The summed E-state index contributed by atoms with van der Waals surface area (Å²) in [5.74, 6) is -0.636. The summed E-state index contributed by atoms with van der Waals surface area (Å²) < 4.78 is 28.1. The molecular formula is C24H17ClN6O5S. The second-order valence-corrected chi connectivity index (χ2v) is 10.1. The van der Waals surface area contributed by atoms with Crippen LogP contribution in [0.2, 0.25) is 5.02 Å². The number of hydrogen-bond acceptors (Lipinski definition) is 7. The highest BCUT2D eigenvalue weighted by Crippen LogP contribution is 2.21. The number of anilines is 1. The minimum absolute atomic E-state index is 0.0184. The van der Waals surface area contributed by atoms with Gasteiger partial charge in [-0.1, -0.05) is 23.7 Å². The average molecular weight is 537 g/mol. The second-order valence-electron chi connectivity index (χ2n) is 7.89. The largest absolute Gasteiger partial charge is 0.346 e. The molecule has 3 aromatic heterocycles. The van der Waals surface area contributed by atoms with Gasteiger partial charge in [0.05, 0.1) is 33.4 Å². The zero-order valence-corrected chi connectivity index (χ0v) is 20.4. The molecule has 0 saturated carbocycles. The molecule has 2 aromatic carbocycles. The Labute approximate surface area is 214 Å². The van der Waals surface area contributed by atoms with E-state index in [9.17, 15) is 22.8 Å². The van der Waals surface area contributed by atoms with Gasteiger partial charge in [-0.3, -0.25) is 24.2 Å². The summed E-state index contributed by atoms with van der Waals surface area (Å²) in [6.07, 6.45) is 4.49. The van der Waals surface area contributed by atoms with Crippen LogP contribution in [0.25, 0.3) is 22.2 Å². The van der Waals surface area contributed by atoms with Crippen molar-refractivity contribution < 1.29 is 13.2 Å². The Morgan fingerprint density at radius 2 is 1.81 bits per heavy atom. The van der Waals surface area contributed by atoms with Crippen molar-refractivity contribution >= 4 is 44.1 Å². The molecule has 1 amide bonds. The van der Waals surface area contributed by atoms with E-state index in [2.05, 4.69) is 20.5 Å². The molecule has 2 N–H and O–H groups in total. The topological polar surface area (TPSA) is 149 Å². The van der Waals surface area contributed by atoms with Gasteiger partial charge in [-0.25, -0.2) is 13.2 Å². The molecule has 5 rings (SSSR count). The summed E-state index contributed by atoms with van der Waals surface area (Å²) in [6, 6.07) is 14.5. The van der Waals surface area contributed by atoms with Crippen LogP contribution >= 0.6 is 11.6 Å². The lowest BCUT2D eigenvalue weighted by Gasteiger charge is -2.15. The van der Waals surface area contributed by atoms with E-state index in [0.29, 0.717) is 16.9 Å². The lowest BCUT2D eigenvalue weighted by atomic mass is 10.2. The van der Waals surface area contributed by atoms with Crippen LogP contribution in [-0.2, 0) is 21.4 Å². The van der Waals surface area contributed by atoms with Crippen molar-refractivity contribution in [1.82, 2.24) is 23.7 Å². The summed E-state index contributed by atoms with van der Waals surface area (Å²) in [6.45, 7) is -0.584. The molecule has 11 nitrogen and oxygen atoms in total. The summed E-state index contributed by atoms with van der Waals surface area (Å²) in [7, 11) is -4.63. The lowest BCUT2D eigenvalue weighted by molar-refractivity contribution is -0.116. The number of benzene rings is 2. The maximum atomic E-state index is 13.5. The molecule has 3 heterocycles. The second kappa shape index (κ2) is 9.48. The lowest BCUT2D eigenvalue weighted by Crippen LogP contribution is -2.45. The number of aromatic amines is 1. The molecule has 0 aliphatic carbocycles. The molecule has 0 aliphatic heterocycles. The van der Waals surface area contributed by atoms with Crippen LogP contribution in [0, 0.1) is 0 Å². The van der Waals surface area contributed by atoms with Gasteiger partial charge in [0.1, 0.15) is 6.54 Å². The summed E-state index contributed by atoms with van der Waals surface area (Å²) in [5.41, 5.74) is -0.560. The maximum Gasteiger partial charge on any atom is 0.346 e. The fourth-order valence-corrected chi connectivity index (χ4v) is 5.27. The van der Waals surface area contributed by atoms with Crippen molar-refractivity contribution in [3.63, 3.8) is 0 Å². The predicted molar refractivity (Wildman–Crippen MR) is 137 cm³/mol. The van der Waals surface area contributed by atoms with E-state index in [4.69, 9.17) is 11.6 Å². The van der Waals surface area contributed by atoms with Crippen LogP contribution in [0.3, 0.4) is 0 Å². The van der Waals surface area contributed by atoms with Crippen molar-refractivity contribution in [2.75, 3.05) is 5.32 Å². The van der Waals surface area contributed by atoms with Crippen LogP contribution in [0.15, 0.2) is 93.7 Å². The number of amides is 1. The van der Waals surface area contributed by atoms with Gasteiger partial charge in [0, 0.05) is 17.4 Å². The molecular weight excluding hydrogens is 520 g/mol. The molecule has 0 atom stereocenters. The first-order valence-electron chi connectivity index (χ1n) is 10.8. The van der Waals surface area contributed by atoms with Crippen LogP contribution in [0.1, 0.15) is 0 Å². The highest BCUT2D eigenvalue weighted by atomic mass is 35.5. The van der Waals surface area contributed by atoms with E-state index in [0.717, 1.165) is 4.57 Å². The first kappa shape index (κ1) is 24.2. The number of pyridine rings is 1. The van der Waals surface area contributed by atoms with E-state index in [-0.39, 0.29) is 24.8 Å². The normalized spacial score (nSPS) is 11.5. The van der Waals surface area contributed by atoms with Gasteiger partial charge in [-0.05, 0) is 54.1 Å². The first-order valence-corrected chi connectivity index (χ1v) is 12.6. The number of carbonyl (C=O) groups is 1. The van der Waals surface area contributed by atoms with Crippen LogP contribution in [0.5, 0.6) is 0 Å². The Kier molecular flexibility index (Phi) is 6.19. The highest BCUT2D eigenvalue weighted by Gasteiger charge is 2.26. The number of rotatable bonds is 6. The van der Waals surface area contributed by atoms with Gasteiger partial charge in [0.25, 0.3) is 15.6 Å². The quantitative estimate of drug-likeness (QED) is 0.338. The van der Waals surface area contributed by atoms with Crippen molar-refractivity contribution in [2.45, 2.75) is 11.4 Å². The van der Waals surface area contributed by atoms with E-state index < -0.39 is 33.7 Å². The van der Waals surface area contributed by atoms with Crippen LogP contribution < -0.4 is 16.6 Å². The van der Waals surface area contributed by atoms with Gasteiger partial charge in [-0.2, -0.15) is 5.10 Å². The Balaban J connectivity index is 1.63. The molecule has 0 aliphatic rings. The molecule has 13 heteroatoms. The Morgan fingerprint density at radius 3 is 2.49 bits per heavy atom. The molecule has 5 aromatic rings. The summed E-state index contributed by atoms with van der Waals surface area (Å²) >= 11 is 6.09. The van der Waals surface area contributed by atoms with Crippen molar-refractivity contribution in [3.05, 3.63) is 105 Å². The monoisotopic (exact) mass is 536 g/mol. The third kappa shape index (κ3) is 4.55. The Hall–Kier alpha value is -4.55. The van der Waals surface area contributed by atoms with Gasteiger partial charge in [0.15, 0.2) is 0 Å². The Bertz CT molecular complexity index is 1850. The molecule has 0 fully saturated rings. The number of nitrogens with zero attached hydrogens (tertiary/aromatic N) is 4. The molecule has 0 saturated heterocycles. The number of nitrogens with one attached hydrogen (secondary N) is 2. The fourth-order valence-electron chi connectivity index (χ4n) is 3.79. The van der Waals surface area contributed by atoms with E-state index in [1.54, 1.807) is 24.4 Å². The van der Waals surface area contributed by atoms with Gasteiger partial charge in [-0.15, -0.1) is 3.97 Å². The number of carbonyl (C=O) groups excluding carboxylic acids is 1. The van der Waals surface area contributed by atoms with E-state index in [1.165, 1.54) is 54.9 Å². The molecule has 0 bridgehead atoms. The zero-order chi connectivity index (χ0) is 26.2. The standard InChI is InChI=1S/C24H17ClN6O5S/c25-16-5-8-19-21(12-16)30(14-22(32)28-17-2-1-10-26-13-17)24(34)31(23(19)33)37(35,36)18-6-3-15(4-7-18)20-9-11-27-29-20/h1-13H,14H2,(H,27,29)(H,28,32). The number of aromatic nitrogens is 5. The molecule has 0 spiro atoms. The van der Waals surface area contributed by atoms with Crippen LogP contribution in [0.4, 0.5) is 5.69 Å². The minimum atomic E-state index is -4.63. The molecule has 186 valence electrons. The number of H-pyrrole nitrogens is 1. The average Bonchev–Trinajstić information content (AvgIpc) is 3.42. The number of fused-ring (bicyclic) bond motifs is 1.